The average molecular weight is 321 g/mol. The van der Waals surface area contributed by atoms with Crippen molar-refractivity contribution in [2.24, 2.45) is 0 Å². The number of alkyl halides is 1. The summed E-state index contributed by atoms with van der Waals surface area (Å²) in [5, 5.41) is 12.3. The second-order valence-corrected chi connectivity index (χ2v) is 4.72. The number of hydrogen-bond donors (Lipinski definition) is 2. The lowest BCUT2D eigenvalue weighted by Gasteiger charge is -2.05. The number of rotatable bonds is 6. The van der Waals surface area contributed by atoms with Gasteiger partial charge in [0, 0.05) is 16.9 Å². The summed E-state index contributed by atoms with van der Waals surface area (Å²) in [5.41, 5.74) is 2.33. The third kappa shape index (κ3) is 5.41. The van der Waals surface area contributed by atoms with Gasteiger partial charge in [0.25, 0.3) is 0 Å². The standard InChI is InChI=1S/C12H15BrClNO2/c13-8-10-7-9(4-5-11(10)14)3-1-2-6-15-12(16)17/h4-5,7,15H,1-3,6,8H2,(H,16,17). The molecule has 0 aliphatic rings. The first kappa shape index (κ1) is 14.3. The van der Waals surface area contributed by atoms with Gasteiger partial charge in [0.05, 0.1) is 0 Å². The molecule has 0 saturated carbocycles. The van der Waals surface area contributed by atoms with Crippen LogP contribution in [-0.4, -0.2) is 17.7 Å². The number of unbranched alkanes of at least 4 members (excludes halogenated alkanes) is 1. The van der Waals surface area contributed by atoms with E-state index in [4.69, 9.17) is 16.7 Å². The summed E-state index contributed by atoms with van der Waals surface area (Å²) < 4.78 is 0. The minimum absolute atomic E-state index is 0.508. The van der Waals surface area contributed by atoms with Crippen LogP contribution in [0.2, 0.25) is 5.02 Å². The van der Waals surface area contributed by atoms with E-state index in [9.17, 15) is 4.79 Å². The van der Waals surface area contributed by atoms with Gasteiger partial charge in [-0.15, -0.1) is 0 Å². The van der Waals surface area contributed by atoms with E-state index in [-0.39, 0.29) is 0 Å². The molecule has 2 N–H and O–H groups in total. The molecule has 0 aromatic heterocycles. The Kier molecular flexibility index (Phi) is 6.37. The van der Waals surface area contributed by atoms with Crippen LogP contribution in [0.4, 0.5) is 4.79 Å². The summed E-state index contributed by atoms with van der Waals surface area (Å²) in [5.74, 6) is 0. The normalized spacial score (nSPS) is 10.2. The molecular formula is C12H15BrClNO2. The van der Waals surface area contributed by atoms with Crippen LogP contribution in [0, 0.1) is 0 Å². The molecule has 0 radical (unpaired) electrons. The number of benzene rings is 1. The predicted octanol–water partition coefficient (Wildman–Crippen LogP) is 3.83. The number of amides is 1. The Bertz CT molecular complexity index is 385. The molecule has 0 heterocycles. The summed E-state index contributed by atoms with van der Waals surface area (Å²) in [7, 11) is 0. The summed E-state index contributed by atoms with van der Waals surface area (Å²) in [4.78, 5) is 10.2. The molecule has 0 bridgehead atoms. The van der Waals surface area contributed by atoms with E-state index in [1.165, 1.54) is 5.56 Å². The lowest BCUT2D eigenvalue weighted by atomic mass is 10.1. The largest absolute Gasteiger partial charge is 0.465 e. The lowest BCUT2D eigenvalue weighted by Crippen LogP contribution is -2.21. The second-order valence-electron chi connectivity index (χ2n) is 3.75. The van der Waals surface area contributed by atoms with E-state index in [1.54, 1.807) is 0 Å². The molecule has 3 nitrogen and oxygen atoms in total. The summed E-state index contributed by atoms with van der Waals surface area (Å²) in [6.45, 7) is 0.508. The van der Waals surface area contributed by atoms with Crippen molar-refractivity contribution in [2.75, 3.05) is 6.54 Å². The van der Waals surface area contributed by atoms with Crippen LogP contribution in [0.5, 0.6) is 0 Å². The van der Waals surface area contributed by atoms with E-state index in [1.807, 2.05) is 12.1 Å². The maximum Gasteiger partial charge on any atom is 0.404 e. The van der Waals surface area contributed by atoms with E-state index >= 15 is 0 Å². The molecule has 0 aliphatic heterocycles. The molecule has 17 heavy (non-hydrogen) atoms. The van der Waals surface area contributed by atoms with Gasteiger partial charge in [-0.1, -0.05) is 39.7 Å². The van der Waals surface area contributed by atoms with E-state index in [0.717, 1.165) is 35.2 Å². The van der Waals surface area contributed by atoms with Crippen molar-refractivity contribution in [1.29, 1.82) is 0 Å². The first-order valence-corrected chi connectivity index (χ1v) is 6.93. The van der Waals surface area contributed by atoms with E-state index in [2.05, 4.69) is 27.3 Å². The molecule has 0 saturated heterocycles. The van der Waals surface area contributed by atoms with Gasteiger partial charge in [0.15, 0.2) is 0 Å². The van der Waals surface area contributed by atoms with Crippen molar-refractivity contribution >= 4 is 33.6 Å². The van der Waals surface area contributed by atoms with Crippen molar-refractivity contribution < 1.29 is 9.90 Å². The third-order valence-electron chi connectivity index (χ3n) is 2.42. The lowest BCUT2D eigenvalue weighted by molar-refractivity contribution is 0.194. The molecule has 1 aromatic carbocycles. The highest BCUT2D eigenvalue weighted by atomic mass is 79.9. The number of nitrogens with one attached hydrogen (secondary N) is 1. The number of carbonyl (C=O) groups is 1. The Labute approximate surface area is 114 Å². The van der Waals surface area contributed by atoms with Crippen molar-refractivity contribution in [1.82, 2.24) is 5.32 Å². The molecule has 1 amide bonds. The number of carboxylic acid groups (broad SMARTS) is 1. The zero-order chi connectivity index (χ0) is 12.7. The van der Waals surface area contributed by atoms with Gasteiger partial charge in [0.1, 0.15) is 0 Å². The number of hydrogen-bond acceptors (Lipinski definition) is 1. The van der Waals surface area contributed by atoms with Crippen LogP contribution >= 0.6 is 27.5 Å². The average Bonchev–Trinajstić information content (AvgIpc) is 2.30. The number of aryl methyl sites for hydroxylation is 1. The maximum atomic E-state index is 10.2. The third-order valence-corrected chi connectivity index (χ3v) is 3.40. The SMILES string of the molecule is O=C(O)NCCCCc1ccc(Cl)c(CBr)c1. The zero-order valence-electron chi connectivity index (χ0n) is 9.38. The molecule has 0 atom stereocenters. The zero-order valence-corrected chi connectivity index (χ0v) is 11.7. The molecule has 0 fully saturated rings. The molecule has 5 heteroatoms. The highest BCUT2D eigenvalue weighted by Crippen LogP contribution is 2.20. The summed E-state index contributed by atoms with van der Waals surface area (Å²) in [6, 6.07) is 6.00. The smallest absolute Gasteiger partial charge is 0.404 e. The van der Waals surface area contributed by atoms with Crippen molar-refractivity contribution in [2.45, 2.75) is 24.6 Å². The Morgan fingerprint density at radius 3 is 2.82 bits per heavy atom. The number of halogens is 2. The highest BCUT2D eigenvalue weighted by molar-refractivity contribution is 9.08. The fourth-order valence-electron chi connectivity index (χ4n) is 1.54. The van der Waals surface area contributed by atoms with Crippen LogP contribution in [-0.2, 0) is 11.8 Å². The predicted molar refractivity (Wildman–Crippen MR) is 73.0 cm³/mol. The van der Waals surface area contributed by atoms with Crippen LogP contribution in [0.25, 0.3) is 0 Å². The Morgan fingerprint density at radius 1 is 1.41 bits per heavy atom. The van der Waals surface area contributed by atoms with Crippen molar-refractivity contribution in [3.8, 4) is 0 Å². The van der Waals surface area contributed by atoms with Crippen LogP contribution in [0.1, 0.15) is 24.0 Å². The van der Waals surface area contributed by atoms with E-state index < -0.39 is 6.09 Å². The van der Waals surface area contributed by atoms with Crippen LogP contribution in [0.3, 0.4) is 0 Å². The minimum atomic E-state index is -0.960. The monoisotopic (exact) mass is 319 g/mol. The molecule has 0 spiro atoms. The van der Waals surface area contributed by atoms with Gasteiger partial charge in [0.2, 0.25) is 0 Å². The molecular weight excluding hydrogens is 305 g/mol. The van der Waals surface area contributed by atoms with Crippen molar-refractivity contribution in [3.05, 3.63) is 34.3 Å². The fraction of sp³-hybridized carbons (Fsp3) is 0.417. The van der Waals surface area contributed by atoms with Crippen LogP contribution in [0.15, 0.2) is 18.2 Å². The molecule has 94 valence electrons. The highest BCUT2D eigenvalue weighted by Gasteiger charge is 2.01. The fourth-order valence-corrected chi connectivity index (χ4v) is 2.35. The van der Waals surface area contributed by atoms with Gasteiger partial charge in [-0.2, -0.15) is 0 Å². The Morgan fingerprint density at radius 2 is 2.18 bits per heavy atom. The quantitative estimate of drug-likeness (QED) is 0.618. The van der Waals surface area contributed by atoms with Gasteiger partial charge in [-0.3, -0.25) is 0 Å². The van der Waals surface area contributed by atoms with Gasteiger partial charge < -0.3 is 10.4 Å². The summed E-state index contributed by atoms with van der Waals surface area (Å²) in [6.07, 6.45) is 1.79. The topological polar surface area (TPSA) is 49.3 Å². The molecule has 0 unspecified atom stereocenters. The van der Waals surface area contributed by atoms with Gasteiger partial charge >= 0.3 is 6.09 Å². The van der Waals surface area contributed by atoms with Crippen LogP contribution < -0.4 is 5.32 Å². The first-order chi connectivity index (χ1) is 8.13. The second kappa shape index (κ2) is 7.56. The Balaban J connectivity index is 2.34. The maximum absolute atomic E-state index is 10.2. The van der Waals surface area contributed by atoms with E-state index in [0.29, 0.717) is 6.54 Å². The molecule has 0 aliphatic carbocycles. The minimum Gasteiger partial charge on any atom is -0.465 e. The van der Waals surface area contributed by atoms with Crippen molar-refractivity contribution in [3.63, 3.8) is 0 Å². The Hall–Kier alpha value is -0.740. The van der Waals surface area contributed by atoms with Gasteiger partial charge in [-0.05, 0) is 36.5 Å². The molecule has 1 rings (SSSR count). The molecule has 1 aromatic rings. The first-order valence-electron chi connectivity index (χ1n) is 5.43. The van der Waals surface area contributed by atoms with Gasteiger partial charge in [-0.25, -0.2) is 4.79 Å². The summed E-state index contributed by atoms with van der Waals surface area (Å²) >= 11 is 9.40.